The number of anilines is 2. The third-order valence-corrected chi connectivity index (χ3v) is 3.48. The van der Waals surface area contributed by atoms with Crippen LogP contribution >= 0.6 is 0 Å². The van der Waals surface area contributed by atoms with E-state index in [1.54, 1.807) is 26.8 Å². The number of nitro benzene ring substituents is 1. The van der Waals surface area contributed by atoms with Gasteiger partial charge in [0.2, 0.25) is 0 Å². The lowest BCUT2D eigenvalue weighted by Gasteiger charge is -2.22. The first-order valence-electron chi connectivity index (χ1n) is 7.44. The van der Waals surface area contributed by atoms with E-state index in [-0.39, 0.29) is 17.4 Å². The van der Waals surface area contributed by atoms with E-state index in [0.29, 0.717) is 13.1 Å². The van der Waals surface area contributed by atoms with Gasteiger partial charge >= 0.3 is 6.09 Å². The molecule has 126 valence electrons. The minimum Gasteiger partial charge on any atom is -0.444 e. The highest BCUT2D eigenvalue weighted by Gasteiger charge is 2.27. The summed E-state index contributed by atoms with van der Waals surface area (Å²) in [5, 5.41) is 13.8. The first-order valence-corrected chi connectivity index (χ1v) is 7.44. The molecule has 0 aromatic heterocycles. The van der Waals surface area contributed by atoms with Gasteiger partial charge in [-0.3, -0.25) is 10.1 Å². The quantitative estimate of drug-likeness (QED) is 0.502. The maximum atomic E-state index is 11.8. The van der Waals surface area contributed by atoms with Crippen molar-refractivity contribution >= 4 is 23.2 Å². The van der Waals surface area contributed by atoms with Crippen molar-refractivity contribution in [1.82, 2.24) is 5.32 Å². The molecule has 0 radical (unpaired) electrons. The summed E-state index contributed by atoms with van der Waals surface area (Å²) in [5.74, 6) is 0. The molecule has 1 fully saturated rings. The Hall–Kier alpha value is -2.51. The highest BCUT2D eigenvalue weighted by atomic mass is 16.6. The summed E-state index contributed by atoms with van der Waals surface area (Å²) >= 11 is 0. The summed E-state index contributed by atoms with van der Waals surface area (Å²) in [6, 6.07) is 4.69. The number of carbonyl (C=O) groups is 1. The summed E-state index contributed by atoms with van der Waals surface area (Å²) in [6.07, 6.45) is 0.296. The van der Waals surface area contributed by atoms with Gasteiger partial charge in [-0.05, 0) is 39.3 Å². The Balaban J connectivity index is 1.99. The lowest BCUT2D eigenvalue weighted by Crippen LogP contribution is -2.40. The van der Waals surface area contributed by atoms with Gasteiger partial charge in [-0.1, -0.05) is 0 Å². The molecule has 1 aromatic carbocycles. The van der Waals surface area contributed by atoms with Crippen LogP contribution in [0, 0.1) is 10.1 Å². The summed E-state index contributed by atoms with van der Waals surface area (Å²) < 4.78 is 5.23. The molecule has 1 aliphatic rings. The molecule has 1 aliphatic heterocycles. The van der Waals surface area contributed by atoms with Crippen molar-refractivity contribution in [2.24, 2.45) is 0 Å². The normalized spacial score (nSPS) is 17.9. The highest BCUT2D eigenvalue weighted by Crippen LogP contribution is 2.29. The summed E-state index contributed by atoms with van der Waals surface area (Å²) in [5.41, 5.74) is 5.82. The van der Waals surface area contributed by atoms with E-state index >= 15 is 0 Å². The minimum absolute atomic E-state index is 0.0542. The second-order valence-corrected chi connectivity index (χ2v) is 6.58. The fraction of sp³-hybridized carbons (Fsp3) is 0.533. The predicted octanol–water partition coefficient (Wildman–Crippen LogP) is 2.28. The Morgan fingerprint density at radius 1 is 1.48 bits per heavy atom. The Kier molecular flexibility index (Phi) is 4.63. The van der Waals surface area contributed by atoms with E-state index in [2.05, 4.69) is 5.32 Å². The zero-order valence-electron chi connectivity index (χ0n) is 13.5. The maximum Gasteiger partial charge on any atom is 0.407 e. The molecule has 0 unspecified atom stereocenters. The molecule has 1 amide bonds. The van der Waals surface area contributed by atoms with E-state index < -0.39 is 16.6 Å². The zero-order chi connectivity index (χ0) is 17.2. The lowest BCUT2D eigenvalue weighted by molar-refractivity contribution is -0.383. The van der Waals surface area contributed by atoms with Crippen LogP contribution in [0.25, 0.3) is 0 Å². The van der Waals surface area contributed by atoms with Crippen LogP contribution in [-0.2, 0) is 4.74 Å². The molecule has 2 rings (SSSR count). The number of rotatable bonds is 3. The molecular formula is C15H22N4O4. The van der Waals surface area contributed by atoms with E-state index in [1.807, 2.05) is 4.90 Å². The van der Waals surface area contributed by atoms with Crippen LogP contribution in [0.15, 0.2) is 18.2 Å². The van der Waals surface area contributed by atoms with Gasteiger partial charge in [0.25, 0.3) is 5.69 Å². The zero-order valence-corrected chi connectivity index (χ0v) is 13.5. The third-order valence-electron chi connectivity index (χ3n) is 3.48. The van der Waals surface area contributed by atoms with Crippen LogP contribution < -0.4 is 16.0 Å². The fourth-order valence-electron chi connectivity index (χ4n) is 2.47. The topological polar surface area (TPSA) is 111 Å². The number of nitrogens with one attached hydrogen (secondary N) is 1. The van der Waals surface area contributed by atoms with E-state index in [0.717, 1.165) is 12.1 Å². The van der Waals surface area contributed by atoms with Crippen LogP contribution in [-0.4, -0.2) is 35.7 Å². The van der Waals surface area contributed by atoms with Crippen LogP contribution in [0.2, 0.25) is 0 Å². The number of nitrogens with zero attached hydrogens (tertiary/aromatic N) is 2. The van der Waals surface area contributed by atoms with Crippen LogP contribution in [0.4, 0.5) is 21.9 Å². The minimum atomic E-state index is -0.542. The Labute approximate surface area is 134 Å². The first kappa shape index (κ1) is 16.9. The molecule has 1 heterocycles. The number of carbonyl (C=O) groups excluding carboxylic acids is 1. The highest BCUT2D eigenvalue weighted by molar-refractivity contribution is 5.69. The molecule has 0 saturated carbocycles. The Bertz CT molecular complexity index is 612. The first-order chi connectivity index (χ1) is 10.7. The van der Waals surface area contributed by atoms with Gasteiger partial charge in [0, 0.05) is 24.8 Å². The molecule has 1 atom stereocenters. The number of ether oxygens (including phenoxy) is 1. The van der Waals surface area contributed by atoms with Gasteiger partial charge < -0.3 is 20.7 Å². The summed E-state index contributed by atoms with van der Waals surface area (Å²) in [7, 11) is 0. The van der Waals surface area contributed by atoms with Gasteiger partial charge in [0.1, 0.15) is 11.3 Å². The van der Waals surface area contributed by atoms with Crippen molar-refractivity contribution in [3.05, 3.63) is 28.3 Å². The van der Waals surface area contributed by atoms with Crippen molar-refractivity contribution in [3.63, 3.8) is 0 Å². The number of benzene rings is 1. The molecular weight excluding hydrogens is 300 g/mol. The number of amides is 1. The van der Waals surface area contributed by atoms with Crippen LogP contribution in [0.3, 0.4) is 0 Å². The van der Waals surface area contributed by atoms with Gasteiger partial charge in [-0.15, -0.1) is 0 Å². The van der Waals surface area contributed by atoms with E-state index in [4.69, 9.17) is 10.5 Å². The molecule has 0 aliphatic carbocycles. The van der Waals surface area contributed by atoms with Crippen molar-refractivity contribution in [2.45, 2.75) is 38.8 Å². The average Bonchev–Trinajstić information content (AvgIpc) is 2.84. The van der Waals surface area contributed by atoms with Crippen molar-refractivity contribution in [1.29, 1.82) is 0 Å². The summed E-state index contributed by atoms with van der Waals surface area (Å²) in [4.78, 5) is 24.2. The number of hydrogen-bond donors (Lipinski definition) is 2. The number of nitrogen functional groups attached to an aromatic ring is 1. The summed E-state index contributed by atoms with van der Waals surface area (Å²) in [6.45, 7) is 6.69. The number of nitrogens with two attached hydrogens (primary N) is 1. The predicted molar refractivity (Wildman–Crippen MR) is 87.5 cm³/mol. The molecule has 0 spiro atoms. The largest absolute Gasteiger partial charge is 0.444 e. The fourth-order valence-corrected chi connectivity index (χ4v) is 2.47. The molecule has 1 aromatic rings. The maximum absolute atomic E-state index is 11.8. The number of alkyl carbamates (subject to hydrolysis) is 1. The lowest BCUT2D eigenvalue weighted by atomic mass is 10.2. The molecule has 1 saturated heterocycles. The van der Waals surface area contributed by atoms with Crippen molar-refractivity contribution < 1.29 is 14.5 Å². The Morgan fingerprint density at radius 2 is 2.17 bits per heavy atom. The Morgan fingerprint density at radius 3 is 2.78 bits per heavy atom. The van der Waals surface area contributed by atoms with E-state index in [1.165, 1.54) is 12.1 Å². The van der Waals surface area contributed by atoms with Crippen molar-refractivity contribution in [2.75, 3.05) is 23.7 Å². The standard InChI is InChI=1S/C15H22N4O4/c1-15(2,3)23-14(20)17-10-6-7-18(9-10)11-4-5-12(16)13(8-11)19(21)22/h4-5,8,10H,6-7,9,16H2,1-3H3,(H,17,20)/t10-/m1/s1. The SMILES string of the molecule is CC(C)(C)OC(=O)N[C@@H]1CCN(c2ccc(N)c([N+](=O)[O-])c2)C1. The second-order valence-electron chi connectivity index (χ2n) is 6.58. The van der Waals surface area contributed by atoms with Gasteiger partial charge in [-0.25, -0.2) is 4.79 Å². The van der Waals surface area contributed by atoms with Crippen molar-refractivity contribution in [3.8, 4) is 0 Å². The third kappa shape index (κ3) is 4.48. The average molecular weight is 322 g/mol. The second kappa shape index (κ2) is 6.31. The van der Waals surface area contributed by atoms with Gasteiger partial charge in [0.15, 0.2) is 0 Å². The van der Waals surface area contributed by atoms with Crippen LogP contribution in [0.5, 0.6) is 0 Å². The molecule has 8 heteroatoms. The number of hydrogen-bond acceptors (Lipinski definition) is 6. The van der Waals surface area contributed by atoms with E-state index in [9.17, 15) is 14.9 Å². The van der Waals surface area contributed by atoms with Gasteiger partial charge in [-0.2, -0.15) is 0 Å². The van der Waals surface area contributed by atoms with Crippen LogP contribution in [0.1, 0.15) is 27.2 Å². The van der Waals surface area contributed by atoms with Gasteiger partial charge in [0.05, 0.1) is 11.0 Å². The molecule has 3 N–H and O–H groups in total. The molecule has 23 heavy (non-hydrogen) atoms. The number of nitro groups is 1. The monoisotopic (exact) mass is 322 g/mol. The smallest absolute Gasteiger partial charge is 0.407 e. The molecule has 0 bridgehead atoms. The molecule has 8 nitrogen and oxygen atoms in total.